The van der Waals surface area contributed by atoms with E-state index in [-0.39, 0.29) is 12.0 Å². The first-order chi connectivity index (χ1) is 18.1. The molecule has 3 rings (SSSR count). The van der Waals surface area contributed by atoms with Crippen molar-refractivity contribution in [3.63, 3.8) is 0 Å². The summed E-state index contributed by atoms with van der Waals surface area (Å²) in [5.74, 6) is 0.491. The maximum absolute atomic E-state index is 12.5. The van der Waals surface area contributed by atoms with Gasteiger partial charge in [-0.1, -0.05) is 105 Å². The van der Waals surface area contributed by atoms with Gasteiger partial charge in [0.2, 0.25) is 8.32 Å². The fourth-order valence-corrected chi connectivity index (χ4v) is 5.79. The molecule has 0 aliphatic rings. The van der Waals surface area contributed by atoms with E-state index in [1.54, 1.807) is 0 Å². The van der Waals surface area contributed by atoms with E-state index in [9.17, 15) is 4.79 Å². The highest BCUT2D eigenvalue weighted by atomic mass is 28.4. The van der Waals surface area contributed by atoms with Crippen LogP contribution in [0.2, 0.25) is 19.6 Å². The van der Waals surface area contributed by atoms with Gasteiger partial charge in [-0.05, 0) is 61.7 Å². The molecule has 2 atom stereocenters. The molecule has 38 heavy (non-hydrogen) atoms. The fraction of sp³-hybridized carbons (Fsp3) is 0.364. The van der Waals surface area contributed by atoms with Crippen LogP contribution in [-0.2, 0) is 19.5 Å². The summed E-state index contributed by atoms with van der Waals surface area (Å²) in [4.78, 5) is 12.5. The molecule has 0 saturated carbocycles. The Kier molecular flexibility index (Phi) is 10.1. The van der Waals surface area contributed by atoms with Crippen LogP contribution >= 0.6 is 0 Å². The van der Waals surface area contributed by atoms with E-state index in [0.29, 0.717) is 5.92 Å². The second-order valence-corrected chi connectivity index (χ2v) is 15.7. The lowest BCUT2D eigenvalue weighted by molar-refractivity contribution is -0.143. The molecule has 202 valence electrons. The number of hydrogen-bond donors (Lipinski definition) is 1. The molecule has 0 bridgehead atoms. The number of rotatable bonds is 12. The molecular weight excluding hydrogens is 486 g/mol. The van der Waals surface area contributed by atoms with E-state index in [2.05, 4.69) is 112 Å². The first-order valence-corrected chi connectivity index (χ1v) is 16.9. The Morgan fingerprint density at radius 2 is 1.24 bits per heavy atom. The molecule has 0 radical (unpaired) electrons. The molecule has 0 heterocycles. The summed E-state index contributed by atoms with van der Waals surface area (Å²) in [5, 5.41) is 4.11. The monoisotopic (exact) mass is 529 g/mol. The molecule has 0 aliphatic carbocycles. The van der Waals surface area contributed by atoms with Crippen LogP contribution in [0.1, 0.15) is 43.9 Å². The average molecular weight is 530 g/mol. The second kappa shape index (κ2) is 13.1. The van der Waals surface area contributed by atoms with Crippen LogP contribution in [0.15, 0.2) is 103 Å². The molecule has 3 aromatic carbocycles. The lowest BCUT2D eigenvalue weighted by atomic mass is 9.76. The van der Waals surface area contributed by atoms with Crippen LogP contribution in [-0.4, -0.2) is 27.4 Å². The van der Waals surface area contributed by atoms with Crippen molar-refractivity contribution in [1.82, 2.24) is 5.32 Å². The van der Waals surface area contributed by atoms with Crippen molar-refractivity contribution in [2.75, 3.05) is 7.11 Å². The normalized spacial score (nSPS) is 14.2. The minimum Gasteiger partial charge on any atom is -0.546 e. The Hall–Kier alpha value is -3.15. The van der Waals surface area contributed by atoms with Crippen LogP contribution in [0.3, 0.4) is 0 Å². The maximum Gasteiger partial charge on any atom is 0.312 e. The topological polar surface area (TPSA) is 47.6 Å². The van der Waals surface area contributed by atoms with Crippen LogP contribution in [0, 0.1) is 11.8 Å². The number of esters is 1. The van der Waals surface area contributed by atoms with Gasteiger partial charge in [0, 0.05) is 0 Å². The molecule has 0 aromatic heterocycles. The van der Waals surface area contributed by atoms with Gasteiger partial charge in [0.25, 0.3) is 0 Å². The molecule has 5 heteroatoms. The van der Waals surface area contributed by atoms with Gasteiger partial charge >= 0.3 is 5.97 Å². The van der Waals surface area contributed by atoms with Crippen LogP contribution in [0.5, 0.6) is 0 Å². The lowest BCUT2D eigenvalue weighted by Gasteiger charge is -2.42. The minimum atomic E-state index is -2.02. The number of carbonyl (C=O) groups excluding carboxylic acids is 1. The van der Waals surface area contributed by atoms with Crippen molar-refractivity contribution in [2.45, 2.75) is 58.4 Å². The number of benzene rings is 3. The van der Waals surface area contributed by atoms with Gasteiger partial charge in [-0.2, -0.15) is 0 Å². The fourth-order valence-electron chi connectivity index (χ4n) is 4.87. The maximum atomic E-state index is 12.5. The zero-order valence-corrected chi connectivity index (χ0v) is 24.9. The first kappa shape index (κ1) is 29.4. The Bertz CT molecular complexity index is 1070. The molecule has 1 N–H and O–H groups in total. The van der Waals surface area contributed by atoms with Crippen molar-refractivity contribution >= 4 is 14.3 Å². The standard InChI is InChI=1S/C33H43NO3Si/c1-25(2)23-30(31(37-38(5,6)7)24-26(3)32(35)36-4)34-33(27-17-11-8-12-18-27,28-19-13-9-14-20-28)29-21-15-10-16-22-29/h8-22,24-26,30,34H,23H2,1-7H3/b31-24+/t26-,30+/m1/s1. The van der Waals surface area contributed by atoms with Gasteiger partial charge in [0.1, 0.15) is 0 Å². The van der Waals surface area contributed by atoms with Crippen molar-refractivity contribution in [3.8, 4) is 0 Å². The zero-order chi connectivity index (χ0) is 27.8. The summed E-state index contributed by atoms with van der Waals surface area (Å²) in [5.41, 5.74) is 2.76. The molecule has 0 aliphatic heterocycles. The third-order valence-electron chi connectivity index (χ3n) is 6.47. The van der Waals surface area contributed by atoms with Gasteiger partial charge < -0.3 is 9.16 Å². The smallest absolute Gasteiger partial charge is 0.312 e. The largest absolute Gasteiger partial charge is 0.546 e. The van der Waals surface area contributed by atoms with Gasteiger partial charge in [0.15, 0.2) is 0 Å². The number of carbonyl (C=O) groups is 1. The molecule has 3 aromatic rings. The molecule has 0 unspecified atom stereocenters. The van der Waals surface area contributed by atoms with E-state index in [4.69, 9.17) is 9.16 Å². The molecule has 0 fully saturated rings. The minimum absolute atomic E-state index is 0.158. The van der Waals surface area contributed by atoms with E-state index in [0.717, 1.165) is 28.9 Å². The van der Waals surface area contributed by atoms with E-state index >= 15 is 0 Å². The number of methoxy groups -OCH3 is 1. The van der Waals surface area contributed by atoms with Gasteiger partial charge in [-0.3, -0.25) is 10.1 Å². The van der Waals surface area contributed by atoms with Crippen molar-refractivity contribution in [2.24, 2.45) is 11.8 Å². The highest BCUT2D eigenvalue weighted by Crippen LogP contribution is 2.39. The van der Waals surface area contributed by atoms with Crippen LogP contribution < -0.4 is 5.32 Å². The zero-order valence-electron chi connectivity index (χ0n) is 23.9. The molecule has 0 amide bonds. The molecule has 4 nitrogen and oxygen atoms in total. The van der Waals surface area contributed by atoms with Gasteiger partial charge in [0.05, 0.1) is 30.4 Å². The Morgan fingerprint density at radius 3 is 1.58 bits per heavy atom. The Balaban J connectivity index is 2.30. The van der Waals surface area contributed by atoms with E-state index < -0.39 is 19.8 Å². The summed E-state index contributed by atoms with van der Waals surface area (Å²) in [6, 6.07) is 31.6. The number of ether oxygens (including phenoxy) is 1. The average Bonchev–Trinajstić information content (AvgIpc) is 2.90. The second-order valence-electron chi connectivity index (χ2n) is 11.3. The number of hydrogen-bond acceptors (Lipinski definition) is 4. The molecule has 0 spiro atoms. The predicted molar refractivity (Wildman–Crippen MR) is 159 cm³/mol. The predicted octanol–water partition coefficient (Wildman–Crippen LogP) is 7.53. The van der Waals surface area contributed by atoms with E-state index in [1.807, 2.05) is 31.2 Å². The summed E-state index contributed by atoms with van der Waals surface area (Å²) >= 11 is 0. The quantitative estimate of drug-likeness (QED) is 0.114. The summed E-state index contributed by atoms with van der Waals surface area (Å²) < 4.78 is 11.8. The highest BCUT2D eigenvalue weighted by Gasteiger charge is 2.40. The van der Waals surface area contributed by atoms with Gasteiger partial charge in [-0.15, -0.1) is 0 Å². The third kappa shape index (κ3) is 7.46. The van der Waals surface area contributed by atoms with E-state index in [1.165, 1.54) is 7.11 Å². The Labute approximate surface area is 230 Å². The number of nitrogens with one attached hydrogen (secondary N) is 1. The van der Waals surface area contributed by atoms with Crippen molar-refractivity contribution in [3.05, 3.63) is 120 Å². The lowest BCUT2D eigenvalue weighted by Crippen LogP contribution is -2.52. The molecule has 0 saturated heterocycles. The first-order valence-electron chi connectivity index (χ1n) is 13.5. The molecular formula is C33H43NO3Si. The SMILES string of the molecule is COC(=O)[C@H](C)/C=C(/O[Si](C)(C)C)[C@H](CC(C)C)NC(c1ccccc1)(c1ccccc1)c1ccccc1. The van der Waals surface area contributed by atoms with Crippen molar-refractivity contribution in [1.29, 1.82) is 0 Å². The third-order valence-corrected chi connectivity index (χ3v) is 7.32. The summed E-state index contributed by atoms with van der Waals surface area (Å²) in [6.07, 6.45) is 2.79. The summed E-state index contributed by atoms with van der Waals surface area (Å²) in [6.45, 7) is 12.8. The Morgan fingerprint density at radius 1 is 0.816 bits per heavy atom. The summed E-state index contributed by atoms with van der Waals surface area (Å²) in [7, 11) is -0.588. The highest BCUT2D eigenvalue weighted by molar-refractivity contribution is 6.70. The van der Waals surface area contributed by atoms with Crippen molar-refractivity contribution < 1.29 is 14.0 Å². The van der Waals surface area contributed by atoms with Crippen LogP contribution in [0.4, 0.5) is 0 Å². The van der Waals surface area contributed by atoms with Gasteiger partial charge in [-0.25, -0.2) is 0 Å². The van der Waals surface area contributed by atoms with Crippen LogP contribution in [0.25, 0.3) is 0 Å².